The number of hydrogen-bond acceptors (Lipinski definition) is 4. The summed E-state index contributed by atoms with van der Waals surface area (Å²) in [6, 6.07) is 17.4. The highest BCUT2D eigenvalue weighted by Crippen LogP contribution is 2.27. The highest BCUT2D eigenvalue weighted by atomic mass is 35.5. The Labute approximate surface area is 240 Å². The van der Waals surface area contributed by atoms with Crippen molar-refractivity contribution >= 4 is 50.7 Å². The van der Waals surface area contributed by atoms with Gasteiger partial charge in [0.05, 0.1) is 10.6 Å². The Balaban J connectivity index is 2.07. The van der Waals surface area contributed by atoms with Gasteiger partial charge in [0.25, 0.3) is 10.0 Å². The molecule has 0 heterocycles. The molecular weight excluding hydrogens is 557 g/mol. The zero-order valence-electron chi connectivity index (χ0n) is 22.4. The van der Waals surface area contributed by atoms with Crippen molar-refractivity contribution in [3.63, 3.8) is 0 Å². The second kappa shape index (κ2) is 13.3. The van der Waals surface area contributed by atoms with Crippen molar-refractivity contribution in [3.05, 3.63) is 93.5 Å². The summed E-state index contributed by atoms with van der Waals surface area (Å²) in [5.41, 5.74) is 2.77. The van der Waals surface area contributed by atoms with Gasteiger partial charge in [-0.05, 0) is 69.2 Å². The van der Waals surface area contributed by atoms with Crippen LogP contribution < -0.4 is 9.62 Å². The van der Waals surface area contributed by atoms with Gasteiger partial charge in [0, 0.05) is 23.1 Å². The number of carbonyl (C=O) groups excluding carboxylic acids is 2. The number of sulfonamides is 1. The number of amides is 2. The minimum Gasteiger partial charge on any atom is -0.355 e. The van der Waals surface area contributed by atoms with Crippen molar-refractivity contribution in [2.24, 2.45) is 0 Å². The molecule has 3 aromatic carbocycles. The third-order valence-electron chi connectivity index (χ3n) is 6.30. The number of anilines is 1. The summed E-state index contributed by atoms with van der Waals surface area (Å²) >= 11 is 12.5. The lowest BCUT2D eigenvalue weighted by Crippen LogP contribution is -2.52. The summed E-state index contributed by atoms with van der Waals surface area (Å²) in [6.45, 7) is 7.21. The van der Waals surface area contributed by atoms with Crippen LogP contribution in [0.25, 0.3) is 0 Å². The Morgan fingerprint density at radius 3 is 2.03 bits per heavy atom. The largest absolute Gasteiger partial charge is 0.355 e. The van der Waals surface area contributed by atoms with E-state index >= 15 is 0 Å². The van der Waals surface area contributed by atoms with Gasteiger partial charge in [0.1, 0.15) is 12.6 Å². The van der Waals surface area contributed by atoms with Gasteiger partial charge in [-0.25, -0.2) is 8.42 Å². The smallest absolute Gasteiger partial charge is 0.264 e. The maximum atomic E-state index is 14.0. The van der Waals surface area contributed by atoms with E-state index in [-0.39, 0.29) is 17.3 Å². The van der Waals surface area contributed by atoms with Crippen LogP contribution in [0.1, 0.15) is 37.0 Å². The van der Waals surface area contributed by atoms with Gasteiger partial charge in [0.15, 0.2) is 0 Å². The van der Waals surface area contributed by atoms with E-state index < -0.39 is 28.5 Å². The van der Waals surface area contributed by atoms with Gasteiger partial charge in [-0.3, -0.25) is 13.9 Å². The molecule has 10 heteroatoms. The van der Waals surface area contributed by atoms with Crippen LogP contribution in [0.4, 0.5) is 5.69 Å². The number of likely N-dealkylation sites (N-methyl/N-ethyl adjacent to an activating group) is 1. The maximum Gasteiger partial charge on any atom is 0.264 e. The number of hydrogen-bond donors (Lipinski definition) is 1. The molecule has 2 amide bonds. The van der Waals surface area contributed by atoms with Crippen LogP contribution in [0.3, 0.4) is 0 Å². The number of halogens is 2. The number of aryl methyl sites for hydroxylation is 2. The summed E-state index contributed by atoms with van der Waals surface area (Å²) < 4.78 is 28.8. The predicted molar refractivity (Wildman–Crippen MR) is 157 cm³/mol. The summed E-state index contributed by atoms with van der Waals surface area (Å²) in [6.07, 6.45) is 0.317. The van der Waals surface area contributed by atoms with E-state index in [0.717, 1.165) is 15.4 Å². The van der Waals surface area contributed by atoms with Crippen molar-refractivity contribution in [1.29, 1.82) is 0 Å². The van der Waals surface area contributed by atoms with Crippen molar-refractivity contribution in [3.8, 4) is 0 Å². The molecular formula is C29H33Cl2N3O4S. The van der Waals surface area contributed by atoms with Gasteiger partial charge in [-0.1, -0.05) is 71.6 Å². The molecule has 0 aliphatic rings. The lowest BCUT2D eigenvalue weighted by atomic mass is 10.1. The van der Waals surface area contributed by atoms with E-state index in [2.05, 4.69) is 5.32 Å². The molecule has 3 aromatic rings. The number of nitrogens with zero attached hydrogens (tertiary/aromatic N) is 2. The molecule has 1 N–H and O–H groups in total. The Hall–Kier alpha value is -3.07. The number of nitrogens with one attached hydrogen (secondary N) is 1. The minimum atomic E-state index is -4.12. The van der Waals surface area contributed by atoms with E-state index in [1.165, 1.54) is 17.0 Å². The van der Waals surface area contributed by atoms with Gasteiger partial charge < -0.3 is 10.2 Å². The van der Waals surface area contributed by atoms with Crippen molar-refractivity contribution in [2.45, 2.75) is 51.6 Å². The second-order valence-corrected chi connectivity index (χ2v) is 11.9. The molecule has 7 nitrogen and oxygen atoms in total. The first-order chi connectivity index (χ1) is 18.5. The quantitative estimate of drug-likeness (QED) is 0.308. The van der Waals surface area contributed by atoms with Crippen LogP contribution in [0.5, 0.6) is 0 Å². The van der Waals surface area contributed by atoms with E-state index in [1.807, 2.05) is 13.8 Å². The van der Waals surface area contributed by atoms with Crippen LogP contribution in [0.2, 0.25) is 10.0 Å². The van der Waals surface area contributed by atoms with Gasteiger partial charge in [0.2, 0.25) is 11.8 Å². The summed E-state index contributed by atoms with van der Waals surface area (Å²) in [7, 11) is -4.12. The highest BCUT2D eigenvalue weighted by molar-refractivity contribution is 7.92. The topological polar surface area (TPSA) is 86.8 Å². The molecule has 0 aliphatic carbocycles. The molecule has 0 spiro atoms. The van der Waals surface area contributed by atoms with Crippen molar-refractivity contribution in [1.82, 2.24) is 10.2 Å². The molecule has 0 aliphatic heterocycles. The first-order valence-corrected chi connectivity index (χ1v) is 14.8. The minimum absolute atomic E-state index is 0.00318. The van der Waals surface area contributed by atoms with E-state index in [1.54, 1.807) is 68.4 Å². The first-order valence-electron chi connectivity index (χ1n) is 12.6. The lowest BCUT2D eigenvalue weighted by molar-refractivity contribution is -0.140. The van der Waals surface area contributed by atoms with E-state index in [4.69, 9.17) is 23.2 Å². The SMILES string of the molecule is CCNC(=O)C(CC)N(Cc1ccc(Cl)cc1Cl)C(=O)CN(c1ccc(C)cc1)S(=O)(=O)c1ccc(C)cc1. The molecule has 0 aromatic heterocycles. The molecule has 39 heavy (non-hydrogen) atoms. The van der Waals surface area contributed by atoms with Crippen LogP contribution in [0.15, 0.2) is 71.6 Å². The number of rotatable bonds is 11. The van der Waals surface area contributed by atoms with Crippen LogP contribution in [-0.2, 0) is 26.2 Å². The zero-order chi connectivity index (χ0) is 28.7. The molecule has 0 saturated heterocycles. The Kier molecular flexibility index (Phi) is 10.4. The van der Waals surface area contributed by atoms with Crippen LogP contribution in [0, 0.1) is 13.8 Å². The highest BCUT2D eigenvalue weighted by Gasteiger charge is 2.33. The monoisotopic (exact) mass is 589 g/mol. The molecule has 3 rings (SSSR count). The fourth-order valence-electron chi connectivity index (χ4n) is 4.12. The van der Waals surface area contributed by atoms with E-state index in [0.29, 0.717) is 34.3 Å². The van der Waals surface area contributed by atoms with Gasteiger partial charge >= 0.3 is 0 Å². The average molecular weight is 591 g/mol. The second-order valence-electron chi connectivity index (χ2n) is 9.24. The third kappa shape index (κ3) is 7.53. The Bertz CT molecular complexity index is 1410. The molecule has 1 atom stereocenters. The molecule has 0 fully saturated rings. The summed E-state index contributed by atoms with van der Waals surface area (Å²) in [4.78, 5) is 28.4. The van der Waals surface area contributed by atoms with Crippen molar-refractivity contribution < 1.29 is 18.0 Å². The van der Waals surface area contributed by atoms with E-state index in [9.17, 15) is 18.0 Å². The molecule has 0 radical (unpaired) electrons. The lowest BCUT2D eigenvalue weighted by Gasteiger charge is -2.33. The number of benzene rings is 3. The predicted octanol–water partition coefficient (Wildman–Crippen LogP) is 5.75. The van der Waals surface area contributed by atoms with Crippen LogP contribution >= 0.6 is 23.2 Å². The normalized spacial score (nSPS) is 12.1. The maximum absolute atomic E-state index is 14.0. The Morgan fingerprint density at radius 2 is 1.49 bits per heavy atom. The summed E-state index contributed by atoms with van der Waals surface area (Å²) in [5, 5.41) is 3.55. The molecule has 1 unspecified atom stereocenters. The fraction of sp³-hybridized carbons (Fsp3) is 0.310. The van der Waals surface area contributed by atoms with Crippen LogP contribution in [-0.4, -0.2) is 44.3 Å². The fourth-order valence-corrected chi connectivity index (χ4v) is 6.00. The average Bonchev–Trinajstić information content (AvgIpc) is 2.89. The third-order valence-corrected chi connectivity index (χ3v) is 8.68. The molecule has 0 bridgehead atoms. The summed E-state index contributed by atoms with van der Waals surface area (Å²) in [5.74, 6) is -0.878. The van der Waals surface area contributed by atoms with Gasteiger partial charge in [-0.15, -0.1) is 0 Å². The standard InChI is InChI=1S/C29H33Cl2N3O4S/c1-5-27(29(36)32-6-2)33(18-22-11-12-23(30)17-26(22)31)28(35)19-34(24-13-7-20(3)8-14-24)39(37,38)25-15-9-21(4)10-16-25/h7-17,27H,5-6,18-19H2,1-4H3,(H,32,36). The van der Waals surface area contributed by atoms with Gasteiger partial charge in [-0.2, -0.15) is 0 Å². The number of carbonyl (C=O) groups is 2. The Morgan fingerprint density at radius 1 is 0.897 bits per heavy atom. The first kappa shape index (κ1) is 30.5. The zero-order valence-corrected chi connectivity index (χ0v) is 24.8. The molecule has 0 saturated carbocycles. The van der Waals surface area contributed by atoms with Crippen molar-refractivity contribution in [2.75, 3.05) is 17.4 Å². The molecule has 208 valence electrons.